The fourth-order valence-electron chi connectivity index (χ4n) is 2.24. The molecule has 1 unspecified atom stereocenters. The first-order chi connectivity index (χ1) is 8.69. The first-order valence-corrected chi connectivity index (χ1v) is 6.40. The van der Waals surface area contributed by atoms with Gasteiger partial charge < -0.3 is 10.2 Å². The molecule has 1 aromatic carbocycles. The van der Waals surface area contributed by atoms with Crippen molar-refractivity contribution in [1.82, 2.24) is 5.32 Å². The highest BCUT2D eigenvalue weighted by Crippen LogP contribution is 2.24. The third-order valence-electron chi connectivity index (χ3n) is 3.16. The summed E-state index contributed by atoms with van der Waals surface area (Å²) in [7, 11) is 0. The number of hydrogen-bond donors (Lipinski definition) is 1. The Labute approximate surface area is 107 Å². The van der Waals surface area contributed by atoms with Crippen LogP contribution >= 0.6 is 0 Å². The summed E-state index contributed by atoms with van der Waals surface area (Å²) >= 11 is 0. The van der Waals surface area contributed by atoms with Gasteiger partial charge in [-0.15, -0.1) is 0 Å². The van der Waals surface area contributed by atoms with Gasteiger partial charge in [0, 0.05) is 6.54 Å². The molecule has 0 radical (unpaired) electrons. The van der Waals surface area contributed by atoms with Gasteiger partial charge in [-0.2, -0.15) is 0 Å². The average Bonchev–Trinajstić information content (AvgIpc) is 2.49. The molecule has 0 spiro atoms. The van der Waals surface area contributed by atoms with Crippen molar-refractivity contribution >= 4 is 17.5 Å². The van der Waals surface area contributed by atoms with Gasteiger partial charge in [-0.1, -0.05) is 26.0 Å². The van der Waals surface area contributed by atoms with Gasteiger partial charge in [-0.05, 0) is 25.0 Å². The van der Waals surface area contributed by atoms with Crippen LogP contribution in [-0.2, 0) is 4.79 Å². The first kappa shape index (κ1) is 12.6. The van der Waals surface area contributed by atoms with Crippen LogP contribution in [0.25, 0.3) is 0 Å². The molecule has 1 heterocycles. The van der Waals surface area contributed by atoms with Gasteiger partial charge in [0.1, 0.15) is 6.04 Å². The molecular weight excluding hydrogens is 228 g/mol. The standard InChI is InChI=1S/C14H18N2O2/c1-3-9-16-12-8-6-5-7-10(12)13(17)15-11(4-2)14(16)18/h5-8,11H,3-4,9H2,1-2H3,(H,15,17). The number of para-hydroxylation sites is 1. The molecule has 2 amide bonds. The van der Waals surface area contributed by atoms with E-state index in [2.05, 4.69) is 5.32 Å². The van der Waals surface area contributed by atoms with Gasteiger partial charge in [-0.25, -0.2) is 0 Å². The second-order valence-electron chi connectivity index (χ2n) is 4.44. The lowest BCUT2D eigenvalue weighted by molar-refractivity contribution is -0.120. The summed E-state index contributed by atoms with van der Waals surface area (Å²) in [5.74, 6) is -0.179. The van der Waals surface area contributed by atoms with Crippen molar-refractivity contribution in [3.05, 3.63) is 29.8 Å². The van der Waals surface area contributed by atoms with E-state index in [0.29, 0.717) is 18.5 Å². The minimum absolute atomic E-state index is 0.0161. The highest BCUT2D eigenvalue weighted by Gasteiger charge is 2.31. The molecule has 18 heavy (non-hydrogen) atoms. The van der Waals surface area contributed by atoms with E-state index < -0.39 is 6.04 Å². The molecule has 1 aliphatic heterocycles. The molecule has 0 aromatic heterocycles. The third kappa shape index (κ3) is 2.10. The van der Waals surface area contributed by atoms with E-state index >= 15 is 0 Å². The summed E-state index contributed by atoms with van der Waals surface area (Å²) in [6.45, 7) is 4.57. The molecule has 4 nitrogen and oxygen atoms in total. The van der Waals surface area contributed by atoms with Crippen molar-refractivity contribution in [3.8, 4) is 0 Å². The molecule has 1 aliphatic rings. The summed E-state index contributed by atoms with van der Waals surface area (Å²) in [5, 5.41) is 2.79. The number of nitrogens with one attached hydrogen (secondary N) is 1. The van der Waals surface area contributed by atoms with E-state index in [-0.39, 0.29) is 11.8 Å². The summed E-state index contributed by atoms with van der Waals surface area (Å²) in [6.07, 6.45) is 1.48. The minimum Gasteiger partial charge on any atom is -0.340 e. The molecule has 0 aliphatic carbocycles. The highest BCUT2D eigenvalue weighted by atomic mass is 16.2. The Bertz CT molecular complexity index is 471. The fraction of sp³-hybridized carbons (Fsp3) is 0.429. The fourth-order valence-corrected chi connectivity index (χ4v) is 2.24. The lowest BCUT2D eigenvalue weighted by Crippen LogP contribution is -2.45. The Balaban J connectivity index is 2.50. The van der Waals surface area contributed by atoms with Gasteiger partial charge in [0.2, 0.25) is 5.91 Å². The molecule has 0 bridgehead atoms. The number of amides is 2. The zero-order valence-corrected chi connectivity index (χ0v) is 10.8. The first-order valence-electron chi connectivity index (χ1n) is 6.40. The van der Waals surface area contributed by atoms with Crippen LogP contribution in [0.1, 0.15) is 37.0 Å². The number of fused-ring (bicyclic) bond motifs is 1. The normalized spacial score (nSPS) is 19.2. The molecule has 0 saturated heterocycles. The van der Waals surface area contributed by atoms with Crippen LogP contribution in [0.2, 0.25) is 0 Å². The van der Waals surface area contributed by atoms with E-state index in [9.17, 15) is 9.59 Å². The molecule has 1 atom stereocenters. The van der Waals surface area contributed by atoms with Crippen LogP contribution in [0.15, 0.2) is 24.3 Å². The number of benzene rings is 1. The van der Waals surface area contributed by atoms with Crippen molar-refractivity contribution in [1.29, 1.82) is 0 Å². The Morgan fingerprint density at radius 3 is 2.61 bits per heavy atom. The summed E-state index contributed by atoms with van der Waals surface area (Å²) in [5.41, 5.74) is 1.30. The van der Waals surface area contributed by atoms with Crippen LogP contribution in [0.3, 0.4) is 0 Å². The Morgan fingerprint density at radius 2 is 1.94 bits per heavy atom. The molecule has 0 saturated carbocycles. The zero-order valence-electron chi connectivity index (χ0n) is 10.8. The van der Waals surface area contributed by atoms with Crippen molar-refractivity contribution in [3.63, 3.8) is 0 Å². The number of anilines is 1. The second-order valence-corrected chi connectivity index (χ2v) is 4.44. The number of carbonyl (C=O) groups is 2. The third-order valence-corrected chi connectivity index (χ3v) is 3.16. The summed E-state index contributed by atoms with van der Waals surface area (Å²) in [6, 6.07) is 6.85. The van der Waals surface area contributed by atoms with Crippen molar-refractivity contribution in [2.24, 2.45) is 0 Å². The predicted octanol–water partition coefficient (Wildman–Crippen LogP) is 1.95. The predicted molar refractivity (Wildman–Crippen MR) is 70.6 cm³/mol. The maximum Gasteiger partial charge on any atom is 0.254 e. The van der Waals surface area contributed by atoms with E-state index in [4.69, 9.17) is 0 Å². The molecular formula is C14H18N2O2. The van der Waals surface area contributed by atoms with E-state index in [0.717, 1.165) is 12.1 Å². The maximum absolute atomic E-state index is 12.4. The number of carbonyl (C=O) groups excluding carboxylic acids is 2. The van der Waals surface area contributed by atoms with Gasteiger partial charge in [-0.3, -0.25) is 9.59 Å². The van der Waals surface area contributed by atoms with Gasteiger partial charge >= 0.3 is 0 Å². The van der Waals surface area contributed by atoms with Crippen molar-refractivity contribution in [2.45, 2.75) is 32.7 Å². The van der Waals surface area contributed by atoms with Gasteiger partial charge in [0.15, 0.2) is 0 Å². The van der Waals surface area contributed by atoms with E-state index in [1.54, 1.807) is 11.0 Å². The van der Waals surface area contributed by atoms with Crippen molar-refractivity contribution in [2.75, 3.05) is 11.4 Å². The van der Waals surface area contributed by atoms with Crippen molar-refractivity contribution < 1.29 is 9.59 Å². The Morgan fingerprint density at radius 1 is 1.22 bits per heavy atom. The minimum atomic E-state index is -0.420. The molecule has 1 aromatic rings. The molecule has 2 rings (SSSR count). The lowest BCUT2D eigenvalue weighted by atomic mass is 10.1. The molecule has 0 fully saturated rings. The highest BCUT2D eigenvalue weighted by molar-refractivity contribution is 6.10. The molecule has 4 heteroatoms. The lowest BCUT2D eigenvalue weighted by Gasteiger charge is -2.24. The van der Waals surface area contributed by atoms with Gasteiger partial charge in [0.25, 0.3) is 5.91 Å². The van der Waals surface area contributed by atoms with Crippen LogP contribution in [0.5, 0.6) is 0 Å². The molecule has 96 valence electrons. The number of hydrogen-bond acceptors (Lipinski definition) is 2. The SMILES string of the molecule is CCCN1C(=O)C(CC)NC(=O)c2ccccc21. The van der Waals surface area contributed by atoms with Gasteiger partial charge in [0.05, 0.1) is 11.3 Å². The summed E-state index contributed by atoms with van der Waals surface area (Å²) in [4.78, 5) is 26.2. The van der Waals surface area contributed by atoms with Crippen LogP contribution in [-0.4, -0.2) is 24.4 Å². The largest absolute Gasteiger partial charge is 0.340 e. The van der Waals surface area contributed by atoms with E-state index in [1.165, 1.54) is 0 Å². The Hall–Kier alpha value is -1.84. The topological polar surface area (TPSA) is 49.4 Å². The summed E-state index contributed by atoms with van der Waals surface area (Å²) < 4.78 is 0. The second kappa shape index (κ2) is 5.21. The van der Waals surface area contributed by atoms with Crippen LogP contribution < -0.4 is 10.2 Å². The smallest absolute Gasteiger partial charge is 0.254 e. The average molecular weight is 246 g/mol. The zero-order chi connectivity index (χ0) is 13.1. The maximum atomic E-state index is 12.4. The van der Waals surface area contributed by atoms with E-state index in [1.807, 2.05) is 32.0 Å². The molecule has 1 N–H and O–H groups in total. The van der Waals surface area contributed by atoms with Crippen LogP contribution in [0.4, 0.5) is 5.69 Å². The Kier molecular flexibility index (Phi) is 3.65. The number of rotatable bonds is 3. The number of nitrogens with zero attached hydrogens (tertiary/aromatic N) is 1. The quantitative estimate of drug-likeness (QED) is 0.886. The monoisotopic (exact) mass is 246 g/mol. The van der Waals surface area contributed by atoms with Crippen LogP contribution in [0, 0.1) is 0 Å².